The Morgan fingerprint density at radius 2 is 1.97 bits per heavy atom. The third-order valence-corrected chi connectivity index (χ3v) is 8.63. The number of carbonyl (C=O) groups excluding carboxylic acids is 2. The molecule has 3 atom stereocenters. The molecule has 4 heterocycles. The molecule has 0 spiro atoms. The van der Waals surface area contributed by atoms with Crippen LogP contribution >= 0.6 is 35.0 Å². The fourth-order valence-electron chi connectivity index (χ4n) is 5.27. The van der Waals surface area contributed by atoms with Crippen molar-refractivity contribution in [2.75, 3.05) is 0 Å². The number of carbonyl (C=O) groups is 3. The van der Waals surface area contributed by atoms with Gasteiger partial charge in [-0.25, -0.2) is 19.2 Å². The molecule has 0 aliphatic carbocycles. The molecule has 1 fully saturated rings. The van der Waals surface area contributed by atoms with Crippen LogP contribution in [0.2, 0.25) is 10.2 Å². The second-order valence-corrected chi connectivity index (χ2v) is 11.6. The van der Waals surface area contributed by atoms with E-state index < -0.39 is 41.2 Å². The van der Waals surface area contributed by atoms with E-state index in [2.05, 4.69) is 4.98 Å². The minimum absolute atomic E-state index is 0.0172. The monoisotopic (exact) mass is 576 g/mol. The number of amidine groups is 1. The second-order valence-electron chi connectivity index (χ2n) is 9.79. The molecule has 3 aliphatic rings. The Balaban J connectivity index is 1.67. The van der Waals surface area contributed by atoms with Crippen molar-refractivity contribution in [3.05, 3.63) is 74.3 Å². The summed E-state index contributed by atoms with van der Waals surface area (Å²) in [5.41, 5.74) is 0.910. The number of thioether (sulfide) groups is 1. The highest BCUT2D eigenvalue weighted by Gasteiger charge is 2.54. The number of likely N-dealkylation sites (tertiary alicyclic amines) is 1. The number of benzene rings is 1. The number of carboxylic acid groups (broad SMARTS) is 1. The number of aliphatic imine (C=N–C) groups is 1. The molecule has 8 nitrogen and oxygen atoms in total. The zero-order valence-electron chi connectivity index (χ0n) is 20.6. The average molecular weight is 577 g/mol. The highest BCUT2D eigenvalue weighted by molar-refractivity contribution is 8.18. The van der Waals surface area contributed by atoms with E-state index >= 15 is 0 Å². The van der Waals surface area contributed by atoms with Crippen molar-refractivity contribution in [1.29, 1.82) is 0 Å². The SMILES string of the molecule is CC(C)C1=C(C(=O)N2C(=O)CC[C@H]2C(=O)O)SC2=N[C@@](C)(c3ccc(Cl)nc3)[C@@H](c3ccc(Cl)c(F)c3)N21. The molecule has 0 saturated carbocycles. The van der Waals surface area contributed by atoms with Crippen molar-refractivity contribution in [2.45, 2.75) is 51.2 Å². The molecule has 12 heteroatoms. The Kier molecular flexibility index (Phi) is 6.77. The van der Waals surface area contributed by atoms with Crippen molar-refractivity contribution in [3.63, 3.8) is 0 Å². The third-order valence-electron chi connectivity index (χ3n) is 7.04. The fraction of sp³-hybridized carbons (Fsp3) is 0.346. The van der Waals surface area contributed by atoms with Gasteiger partial charge in [0.05, 0.1) is 11.1 Å². The zero-order valence-corrected chi connectivity index (χ0v) is 22.9. The van der Waals surface area contributed by atoms with Gasteiger partial charge in [-0.15, -0.1) is 0 Å². The predicted molar refractivity (Wildman–Crippen MR) is 142 cm³/mol. The van der Waals surface area contributed by atoms with Gasteiger partial charge in [0.25, 0.3) is 5.91 Å². The lowest BCUT2D eigenvalue weighted by Gasteiger charge is -2.37. The summed E-state index contributed by atoms with van der Waals surface area (Å²) in [6.07, 6.45) is 1.66. The third kappa shape index (κ3) is 4.19. The predicted octanol–water partition coefficient (Wildman–Crippen LogP) is 5.37. The van der Waals surface area contributed by atoms with Crippen LogP contribution in [0.5, 0.6) is 0 Å². The number of nitrogens with zero attached hydrogens (tertiary/aromatic N) is 4. The van der Waals surface area contributed by atoms with Gasteiger partial charge in [-0.2, -0.15) is 0 Å². The number of hydrogen-bond donors (Lipinski definition) is 1. The van der Waals surface area contributed by atoms with Gasteiger partial charge >= 0.3 is 5.97 Å². The molecule has 1 N–H and O–H groups in total. The van der Waals surface area contributed by atoms with Gasteiger partial charge in [0.2, 0.25) is 5.91 Å². The summed E-state index contributed by atoms with van der Waals surface area (Å²) in [5.74, 6) is -3.24. The molecule has 1 saturated heterocycles. The lowest BCUT2D eigenvalue weighted by atomic mass is 9.81. The minimum atomic E-state index is -1.23. The van der Waals surface area contributed by atoms with Crippen LogP contribution in [0.25, 0.3) is 0 Å². The van der Waals surface area contributed by atoms with Crippen molar-refractivity contribution >= 4 is 57.9 Å². The van der Waals surface area contributed by atoms with E-state index in [-0.39, 0.29) is 28.7 Å². The molecule has 1 aromatic carbocycles. The molecule has 0 radical (unpaired) electrons. The summed E-state index contributed by atoms with van der Waals surface area (Å²) in [4.78, 5) is 50.3. The van der Waals surface area contributed by atoms with Gasteiger partial charge in [-0.1, -0.05) is 49.2 Å². The molecule has 0 unspecified atom stereocenters. The van der Waals surface area contributed by atoms with Gasteiger partial charge in [0, 0.05) is 23.9 Å². The quantitative estimate of drug-likeness (QED) is 0.377. The van der Waals surface area contributed by atoms with Crippen molar-refractivity contribution in [1.82, 2.24) is 14.8 Å². The van der Waals surface area contributed by atoms with Gasteiger partial charge in [0.1, 0.15) is 27.5 Å². The number of halogens is 3. The summed E-state index contributed by atoms with van der Waals surface area (Å²) in [7, 11) is 0. The molecule has 0 bridgehead atoms. The van der Waals surface area contributed by atoms with Gasteiger partial charge < -0.3 is 10.0 Å². The van der Waals surface area contributed by atoms with Gasteiger partial charge in [0.15, 0.2) is 5.17 Å². The normalized spacial score (nSPS) is 24.9. The minimum Gasteiger partial charge on any atom is -0.480 e. The van der Waals surface area contributed by atoms with E-state index in [1.54, 1.807) is 24.4 Å². The molecular weight excluding hydrogens is 554 g/mol. The zero-order chi connectivity index (χ0) is 27.5. The van der Waals surface area contributed by atoms with E-state index in [0.717, 1.165) is 22.2 Å². The van der Waals surface area contributed by atoms with Crippen molar-refractivity contribution < 1.29 is 23.9 Å². The lowest BCUT2D eigenvalue weighted by Crippen LogP contribution is -2.43. The fourth-order valence-corrected chi connectivity index (χ4v) is 6.85. The first-order valence-corrected chi connectivity index (χ1v) is 13.5. The van der Waals surface area contributed by atoms with E-state index in [1.165, 1.54) is 12.1 Å². The van der Waals surface area contributed by atoms with E-state index in [4.69, 9.17) is 28.2 Å². The largest absolute Gasteiger partial charge is 0.480 e. The van der Waals surface area contributed by atoms with Crippen LogP contribution in [0.4, 0.5) is 4.39 Å². The topological polar surface area (TPSA) is 103 Å². The number of hydrogen-bond acceptors (Lipinski definition) is 7. The van der Waals surface area contributed by atoms with Crippen molar-refractivity contribution in [2.24, 2.45) is 10.9 Å². The maximum Gasteiger partial charge on any atom is 0.326 e. The average Bonchev–Trinajstić information content (AvgIpc) is 3.50. The Labute approximate surface area is 232 Å². The number of aromatic nitrogens is 1. The number of pyridine rings is 1. The Hall–Kier alpha value is -2.95. The maximum absolute atomic E-state index is 14.7. The smallest absolute Gasteiger partial charge is 0.326 e. The molecule has 3 aliphatic heterocycles. The summed E-state index contributed by atoms with van der Waals surface area (Å²) in [5, 5.41) is 10.4. The molecule has 198 valence electrons. The number of amides is 2. The number of imide groups is 1. The van der Waals surface area contributed by atoms with E-state index in [9.17, 15) is 23.9 Å². The Bertz CT molecular complexity index is 1430. The highest BCUT2D eigenvalue weighted by Crippen LogP contribution is 2.56. The van der Waals surface area contributed by atoms with Crippen LogP contribution in [-0.4, -0.2) is 48.9 Å². The molecule has 38 heavy (non-hydrogen) atoms. The first-order valence-electron chi connectivity index (χ1n) is 11.9. The van der Waals surface area contributed by atoms with Crippen molar-refractivity contribution in [3.8, 4) is 0 Å². The van der Waals surface area contributed by atoms with E-state index in [1.807, 2.05) is 25.7 Å². The Morgan fingerprint density at radius 1 is 1.24 bits per heavy atom. The number of aliphatic carboxylic acids is 1. The van der Waals surface area contributed by atoms with E-state index in [0.29, 0.717) is 21.6 Å². The number of fused-ring (bicyclic) bond motifs is 1. The molecule has 1 aromatic heterocycles. The molecule has 2 aromatic rings. The van der Waals surface area contributed by atoms with Crippen LogP contribution < -0.4 is 0 Å². The lowest BCUT2D eigenvalue weighted by molar-refractivity contribution is -0.152. The first kappa shape index (κ1) is 26.6. The summed E-state index contributed by atoms with van der Waals surface area (Å²) >= 11 is 13.1. The van der Waals surface area contributed by atoms with Crippen LogP contribution in [0, 0.1) is 11.7 Å². The molecule has 5 rings (SSSR count). The highest BCUT2D eigenvalue weighted by atomic mass is 35.5. The van der Waals surface area contributed by atoms with Crippen LogP contribution in [0.15, 0.2) is 52.1 Å². The second kappa shape index (κ2) is 9.66. The first-order chi connectivity index (χ1) is 17.9. The molecule has 2 amide bonds. The summed E-state index contributed by atoms with van der Waals surface area (Å²) in [6.45, 7) is 5.68. The maximum atomic E-state index is 14.7. The Morgan fingerprint density at radius 3 is 2.58 bits per heavy atom. The number of rotatable bonds is 5. The summed E-state index contributed by atoms with van der Waals surface area (Å²) < 4.78 is 14.7. The summed E-state index contributed by atoms with van der Waals surface area (Å²) in [6, 6.07) is 6.16. The molecular formula is C26H23Cl2FN4O4S. The van der Waals surface area contributed by atoms with Crippen LogP contribution in [-0.2, 0) is 19.9 Å². The van der Waals surface area contributed by atoms with Crippen LogP contribution in [0.1, 0.15) is 50.8 Å². The number of carboxylic acids is 1. The van der Waals surface area contributed by atoms with Gasteiger partial charge in [-0.3, -0.25) is 14.5 Å². The standard InChI is InChI=1S/C26H23Cl2FN4O4S/c1-12(2)20-21(23(35)32-17(24(36)37)7-9-19(32)34)38-25-31-26(3,14-5-8-18(28)30-11-14)22(33(20)25)13-4-6-15(27)16(29)10-13/h4-6,8,10-12,17,22H,7,9H2,1-3H3,(H,36,37)/t17-,22+,26-/m0/s1. The van der Waals surface area contributed by atoms with Crippen LogP contribution in [0.3, 0.4) is 0 Å². The number of allylic oxidation sites excluding steroid dienone is 1. The van der Waals surface area contributed by atoms with Gasteiger partial charge in [-0.05, 0) is 54.8 Å².